The van der Waals surface area contributed by atoms with Crippen LogP contribution in [-0.2, 0) is 9.53 Å². The van der Waals surface area contributed by atoms with Gasteiger partial charge in [0.05, 0.1) is 11.6 Å². The average molecular weight is 219 g/mol. The van der Waals surface area contributed by atoms with Gasteiger partial charge in [-0.25, -0.2) is 0 Å². The van der Waals surface area contributed by atoms with Crippen molar-refractivity contribution in [2.75, 3.05) is 26.8 Å². The number of carbonyl (C=O) groups excluding carboxylic acids is 1. The van der Waals surface area contributed by atoms with Gasteiger partial charge in [0.1, 0.15) is 0 Å². The van der Waals surface area contributed by atoms with Crippen molar-refractivity contribution in [3.05, 3.63) is 0 Å². The average Bonchev–Trinajstić information content (AvgIpc) is 2.14. The highest BCUT2D eigenvalue weighted by atomic mass is 16.5. The molecule has 0 aromatic rings. The Hall–Kier alpha value is -0.690. The van der Waals surface area contributed by atoms with Gasteiger partial charge >= 0.3 is 0 Å². The molecule has 6 N–H and O–H groups in total. The normalized spacial score (nSPS) is 17.1. The van der Waals surface area contributed by atoms with Gasteiger partial charge in [0, 0.05) is 33.2 Å². The van der Waals surface area contributed by atoms with Gasteiger partial charge in [-0.3, -0.25) is 4.79 Å². The van der Waals surface area contributed by atoms with Crippen LogP contribution in [0, 0.1) is 0 Å². The van der Waals surface area contributed by atoms with E-state index in [1.165, 1.54) is 0 Å². The first-order chi connectivity index (χ1) is 6.89. The van der Waals surface area contributed by atoms with E-state index in [1.807, 2.05) is 0 Å². The zero-order valence-corrected chi connectivity index (χ0v) is 9.32. The number of rotatable bonds is 8. The first kappa shape index (κ1) is 14.3. The second-order valence-electron chi connectivity index (χ2n) is 3.88. The molecule has 0 heterocycles. The molecule has 0 aromatic carbocycles. The lowest BCUT2D eigenvalue weighted by molar-refractivity contribution is -0.119. The summed E-state index contributed by atoms with van der Waals surface area (Å²) in [6.45, 7) is 2.78. The number of amides is 1. The first-order valence-electron chi connectivity index (χ1n) is 4.86. The Bertz CT molecular complexity index is 197. The monoisotopic (exact) mass is 219 g/mol. The molecule has 90 valence electrons. The summed E-state index contributed by atoms with van der Waals surface area (Å²) in [5.41, 5.74) is 9.51. The number of nitrogens with one attached hydrogen (secondary N) is 1. The van der Waals surface area contributed by atoms with Gasteiger partial charge in [0.25, 0.3) is 0 Å². The van der Waals surface area contributed by atoms with Crippen LogP contribution in [0.15, 0.2) is 0 Å². The molecule has 0 fully saturated rings. The third kappa shape index (κ3) is 7.26. The summed E-state index contributed by atoms with van der Waals surface area (Å²) in [4.78, 5) is 10.6. The number of aliphatic hydroxyl groups is 1. The molecule has 15 heavy (non-hydrogen) atoms. The molecular formula is C9H21N3O3. The Morgan fingerprint density at radius 3 is 2.73 bits per heavy atom. The fourth-order valence-corrected chi connectivity index (χ4v) is 1.01. The van der Waals surface area contributed by atoms with Crippen molar-refractivity contribution in [1.29, 1.82) is 0 Å². The molecule has 1 amide bonds. The van der Waals surface area contributed by atoms with E-state index in [2.05, 4.69) is 5.32 Å². The van der Waals surface area contributed by atoms with Crippen molar-refractivity contribution >= 4 is 5.91 Å². The Kier molecular flexibility index (Phi) is 6.42. The van der Waals surface area contributed by atoms with Gasteiger partial charge < -0.3 is 26.6 Å². The van der Waals surface area contributed by atoms with Crippen LogP contribution < -0.4 is 16.8 Å². The molecule has 2 unspecified atom stereocenters. The summed E-state index contributed by atoms with van der Waals surface area (Å²) in [7, 11) is 1.58. The second-order valence-corrected chi connectivity index (χ2v) is 3.88. The fourth-order valence-electron chi connectivity index (χ4n) is 1.01. The maximum atomic E-state index is 10.6. The van der Waals surface area contributed by atoms with Gasteiger partial charge in [-0.2, -0.15) is 0 Å². The Morgan fingerprint density at radius 1 is 1.67 bits per heavy atom. The van der Waals surface area contributed by atoms with Crippen LogP contribution in [0.4, 0.5) is 0 Å². The van der Waals surface area contributed by atoms with E-state index in [0.717, 1.165) is 0 Å². The molecule has 0 spiro atoms. The van der Waals surface area contributed by atoms with E-state index < -0.39 is 17.6 Å². The van der Waals surface area contributed by atoms with Crippen molar-refractivity contribution in [2.24, 2.45) is 11.5 Å². The van der Waals surface area contributed by atoms with Gasteiger partial charge in [-0.1, -0.05) is 0 Å². The Morgan fingerprint density at radius 2 is 2.27 bits per heavy atom. The molecule has 6 heteroatoms. The predicted molar refractivity (Wildman–Crippen MR) is 57.2 cm³/mol. The number of hydrogen-bond acceptors (Lipinski definition) is 5. The largest absolute Gasteiger partial charge is 0.389 e. The van der Waals surface area contributed by atoms with Gasteiger partial charge in [-0.15, -0.1) is 0 Å². The third-order valence-electron chi connectivity index (χ3n) is 2.08. The van der Waals surface area contributed by atoms with Gasteiger partial charge in [-0.05, 0) is 6.92 Å². The molecule has 0 aliphatic carbocycles. The van der Waals surface area contributed by atoms with E-state index >= 15 is 0 Å². The minimum atomic E-state index is -0.868. The van der Waals surface area contributed by atoms with E-state index in [9.17, 15) is 9.90 Å². The standard InChI is InChI=1S/C9H21N3O3/c1-9(14,3-4-15-2)6-12-5-7(10)8(11)13/h7,12,14H,3-6,10H2,1-2H3,(H2,11,13). The van der Waals surface area contributed by atoms with E-state index in [1.54, 1.807) is 14.0 Å². The molecule has 0 radical (unpaired) electrons. The highest BCUT2D eigenvalue weighted by molar-refractivity contribution is 5.79. The summed E-state index contributed by atoms with van der Waals surface area (Å²) in [6, 6.07) is -0.719. The predicted octanol–water partition coefficient (Wildman–Crippen LogP) is -1.82. The van der Waals surface area contributed by atoms with Crippen molar-refractivity contribution in [3.63, 3.8) is 0 Å². The highest BCUT2D eigenvalue weighted by Crippen LogP contribution is 2.07. The lowest BCUT2D eigenvalue weighted by Crippen LogP contribution is -2.48. The van der Waals surface area contributed by atoms with Crippen LogP contribution in [-0.4, -0.2) is 49.5 Å². The number of hydrogen-bond donors (Lipinski definition) is 4. The molecule has 6 nitrogen and oxygen atoms in total. The quantitative estimate of drug-likeness (QED) is 0.384. The molecule has 0 saturated carbocycles. The van der Waals surface area contributed by atoms with Crippen molar-refractivity contribution < 1.29 is 14.6 Å². The Balaban J connectivity index is 3.69. The summed E-state index contributed by atoms with van der Waals surface area (Å²) in [6.07, 6.45) is 0.516. The highest BCUT2D eigenvalue weighted by Gasteiger charge is 2.20. The van der Waals surface area contributed by atoms with E-state index in [4.69, 9.17) is 16.2 Å². The SMILES string of the molecule is COCCC(C)(O)CNCC(N)C(N)=O. The zero-order valence-electron chi connectivity index (χ0n) is 9.32. The summed E-state index contributed by atoms with van der Waals surface area (Å²) in [5.74, 6) is -0.556. The summed E-state index contributed by atoms with van der Waals surface area (Å²) in [5, 5.41) is 12.7. The topological polar surface area (TPSA) is 111 Å². The zero-order chi connectivity index (χ0) is 11.9. The summed E-state index contributed by atoms with van der Waals surface area (Å²) >= 11 is 0. The second kappa shape index (κ2) is 6.73. The minimum Gasteiger partial charge on any atom is -0.389 e. The first-order valence-corrected chi connectivity index (χ1v) is 4.86. The molecular weight excluding hydrogens is 198 g/mol. The van der Waals surface area contributed by atoms with Crippen molar-refractivity contribution in [2.45, 2.75) is 25.0 Å². The van der Waals surface area contributed by atoms with Gasteiger partial charge in [0.15, 0.2) is 0 Å². The van der Waals surface area contributed by atoms with Crippen LogP contribution >= 0.6 is 0 Å². The number of primary amides is 1. The van der Waals surface area contributed by atoms with Crippen LogP contribution in [0.5, 0.6) is 0 Å². The van der Waals surface area contributed by atoms with E-state index in [-0.39, 0.29) is 6.54 Å². The lowest BCUT2D eigenvalue weighted by atomic mass is 10.0. The van der Waals surface area contributed by atoms with Gasteiger partial charge in [0.2, 0.25) is 5.91 Å². The Labute approximate surface area is 90.0 Å². The molecule has 0 saturated heterocycles. The maximum absolute atomic E-state index is 10.6. The molecule has 0 rings (SSSR count). The van der Waals surface area contributed by atoms with Crippen molar-refractivity contribution in [1.82, 2.24) is 5.32 Å². The number of ether oxygens (including phenoxy) is 1. The fraction of sp³-hybridized carbons (Fsp3) is 0.889. The smallest absolute Gasteiger partial charge is 0.235 e. The van der Waals surface area contributed by atoms with Crippen LogP contribution in [0.2, 0.25) is 0 Å². The van der Waals surface area contributed by atoms with Crippen molar-refractivity contribution in [3.8, 4) is 0 Å². The molecule has 2 atom stereocenters. The number of nitrogens with two attached hydrogens (primary N) is 2. The lowest BCUT2D eigenvalue weighted by Gasteiger charge is -2.23. The summed E-state index contributed by atoms with van der Waals surface area (Å²) < 4.78 is 4.86. The molecule has 0 bridgehead atoms. The maximum Gasteiger partial charge on any atom is 0.235 e. The molecule has 0 aliphatic heterocycles. The van der Waals surface area contributed by atoms with Crippen LogP contribution in [0.3, 0.4) is 0 Å². The van der Waals surface area contributed by atoms with Crippen LogP contribution in [0.1, 0.15) is 13.3 Å². The molecule has 0 aliphatic rings. The minimum absolute atomic E-state index is 0.262. The van der Waals surface area contributed by atoms with E-state index in [0.29, 0.717) is 19.6 Å². The van der Waals surface area contributed by atoms with Crippen LogP contribution in [0.25, 0.3) is 0 Å². The third-order valence-corrected chi connectivity index (χ3v) is 2.08. The molecule has 0 aromatic heterocycles. The number of methoxy groups -OCH3 is 1. The number of carbonyl (C=O) groups is 1.